The van der Waals surface area contributed by atoms with Gasteiger partial charge in [-0.05, 0) is 37.0 Å². The highest BCUT2D eigenvalue weighted by Crippen LogP contribution is 2.40. The average Bonchev–Trinajstić information content (AvgIpc) is 2.68. The van der Waals surface area contributed by atoms with Gasteiger partial charge in [0, 0.05) is 12.1 Å². The van der Waals surface area contributed by atoms with E-state index in [-0.39, 0.29) is 12.6 Å². The largest absolute Gasteiger partial charge is 0.795 e. The molecule has 0 saturated carbocycles. The van der Waals surface area contributed by atoms with Crippen molar-refractivity contribution in [3.63, 3.8) is 0 Å². The molecule has 0 heterocycles. The van der Waals surface area contributed by atoms with Gasteiger partial charge in [0.15, 0.2) is 0 Å². The van der Waals surface area contributed by atoms with Gasteiger partial charge in [0.2, 0.25) is 5.91 Å². The van der Waals surface area contributed by atoms with Crippen molar-refractivity contribution in [2.24, 2.45) is 5.92 Å². The lowest BCUT2D eigenvalue weighted by Crippen LogP contribution is -2.61. The molecule has 4 atom stereocenters. The Bertz CT molecular complexity index is 884. The predicted molar refractivity (Wildman–Crippen MR) is 107 cm³/mol. The van der Waals surface area contributed by atoms with Crippen molar-refractivity contribution in [1.29, 1.82) is 0 Å². The van der Waals surface area contributed by atoms with Gasteiger partial charge in [0.05, 0.1) is 19.4 Å². The first-order valence-corrected chi connectivity index (χ1v) is 11.3. The Balaban J connectivity index is 2.21. The molecule has 7 nitrogen and oxygen atoms in total. The van der Waals surface area contributed by atoms with E-state index < -0.39 is 37.0 Å². The Hall–Kier alpha value is -2.47. The van der Waals surface area contributed by atoms with Crippen LogP contribution >= 0.6 is 7.37 Å². The SMILES string of the molecule is C[C@H](NC(=O)[C@H](Cc1ccc(-c2ccccc2)cc1)CP(=O)([O-])[C@H](C)[NH3+])C(=O)[O-]. The minimum Gasteiger partial charge on any atom is -0.795 e. The van der Waals surface area contributed by atoms with Crippen molar-refractivity contribution in [3.8, 4) is 11.1 Å². The summed E-state index contributed by atoms with van der Waals surface area (Å²) in [6, 6.07) is 16.1. The lowest BCUT2D eigenvalue weighted by atomic mass is 9.97. The van der Waals surface area contributed by atoms with Gasteiger partial charge < -0.3 is 30.4 Å². The predicted octanol–water partition coefficient (Wildman–Crippen LogP) is -0.00680. The third-order valence-corrected chi connectivity index (χ3v) is 7.07. The Morgan fingerprint density at radius 1 is 1.03 bits per heavy atom. The molecule has 8 heteroatoms. The van der Waals surface area contributed by atoms with Gasteiger partial charge in [0.1, 0.15) is 5.78 Å². The molecule has 0 aliphatic carbocycles. The fourth-order valence-electron chi connectivity index (χ4n) is 2.87. The fourth-order valence-corrected chi connectivity index (χ4v) is 4.14. The summed E-state index contributed by atoms with van der Waals surface area (Å²) in [6.45, 7) is 2.74. The number of hydrogen-bond acceptors (Lipinski definition) is 5. The molecule has 2 aromatic carbocycles. The summed E-state index contributed by atoms with van der Waals surface area (Å²) in [5, 5.41) is 13.2. The van der Waals surface area contributed by atoms with Crippen LogP contribution in [-0.2, 0) is 20.6 Å². The fraction of sp³-hybridized carbons (Fsp3) is 0.333. The van der Waals surface area contributed by atoms with Crippen LogP contribution in [0.3, 0.4) is 0 Å². The van der Waals surface area contributed by atoms with Crippen LogP contribution < -0.4 is 21.1 Å². The van der Waals surface area contributed by atoms with Gasteiger partial charge in [-0.15, -0.1) is 0 Å². The second kappa shape index (κ2) is 9.83. The van der Waals surface area contributed by atoms with E-state index in [0.717, 1.165) is 16.7 Å². The molecule has 0 saturated heterocycles. The van der Waals surface area contributed by atoms with E-state index in [9.17, 15) is 24.2 Å². The van der Waals surface area contributed by atoms with Gasteiger partial charge in [-0.25, -0.2) is 0 Å². The molecule has 0 fully saturated rings. The Morgan fingerprint density at radius 2 is 1.59 bits per heavy atom. The van der Waals surface area contributed by atoms with Crippen LogP contribution in [0.2, 0.25) is 0 Å². The van der Waals surface area contributed by atoms with Crippen LogP contribution in [0, 0.1) is 5.92 Å². The summed E-state index contributed by atoms with van der Waals surface area (Å²) in [4.78, 5) is 35.8. The van der Waals surface area contributed by atoms with Crippen LogP contribution in [0.5, 0.6) is 0 Å². The highest BCUT2D eigenvalue weighted by molar-refractivity contribution is 7.57. The summed E-state index contributed by atoms with van der Waals surface area (Å²) in [7, 11) is -3.92. The van der Waals surface area contributed by atoms with Gasteiger partial charge in [-0.2, -0.15) is 0 Å². The summed E-state index contributed by atoms with van der Waals surface area (Å²) in [5.41, 5.74) is 6.38. The second-order valence-corrected chi connectivity index (χ2v) is 9.97. The lowest BCUT2D eigenvalue weighted by molar-refractivity contribution is -0.395. The van der Waals surface area contributed by atoms with E-state index in [1.165, 1.54) is 13.8 Å². The first kappa shape index (κ1) is 22.8. The van der Waals surface area contributed by atoms with Crippen LogP contribution in [-0.4, -0.2) is 29.9 Å². The zero-order chi connectivity index (χ0) is 21.6. The molecule has 2 aromatic rings. The Labute approximate surface area is 170 Å². The number of benzene rings is 2. The molecule has 29 heavy (non-hydrogen) atoms. The standard InChI is InChI=1S/C21H27N2O5P/c1-14(21(25)26)23-20(24)19(13-29(27,28)15(2)22)12-16-8-10-18(11-9-16)17-6-4-3-5-7-17/h3-11,14-15,19H,12-13,22H2,1-2H3,(H,23,24)(H,25,26)(H,27,28)/p-1/t14-,15+,19+/m0/s1. The topological polar surface area (TPSA) is 137 Å². The van der Waals surface area contributed by atoms with E-state index in [4.69, 9.17) is 0 Å². The minimum absolute atomic E-state index is 0.166. The first-order chi connectivity index (χ1) is 13.6. The smallest absolute Gasteiger partial charge is 0.224 e. The molecule has 2 rings (SSSR count). The molecule has 0 aliphatic rings. The number of aliphatic carboxylic acids is 1. The van der Waals surface area contributed by atoms with E-state index in [1.54, 1.807) is 0 Å². The number of quaternary nitrogens is 1. The summed E-state index contributed by atoms with van der Waals surface area (Å²) < 4.78 is 12.4. The maximum atomic E-state index is 12.6. The normalized spacial score (nSPS) is 16.3. The molecule has 0 aromatic heterocycles. The van der Waals surface area contributed by atoms with Crippen molar-refractivity contribution in [2.45, 2.75) is 32.1 Å². The van der Waals surface area contributed by atoms with Crippen LogP contribution in [0.15, 0.2) is 54.6 Å². The quantitative estimate of drug-likeness (QED) is 0.553. The molecule has 156 valence electrons. The Kier molecular flexibility index (Phi) is 7.73. The van der Waals surface area contributed by atoms with Crippen molar-refractivity contribution in [1.82, 2.24) is 5.32 Å². The van der Waals surface area contributed by atoms with Crippen LogP contribution in [0.25, 0.3) is 11.1 Å². The summed E-state index contributed by atoms with van der Waals surface area (Å²) >= 11 is 0. The molecule has 4 N–H and O–H groups in total. The number of carbonyl (C=O) groups excluding carboxylic acids is 2. The minimum atomic E-state index is -3.92. The van der Waals surface area contributed by atoms with Crippen LogP contribution in [0.1, 0.15) is 19.4 Å². The number of hydrogen-bond donors (Lipinski definition) is 2. The van der Waals surface area contributed by atoms with Gasteiger partial charge in [0.25, 0.3) is 0 Å². The average molecular weight is 417 g/mol. The van der Waals surface area contributed by atoms with Crippen molar-refractivity contribution in [3.05, 3.63) is 60.2 Å². The molecular formula is C21H26N2O5P-. The van der Waals surface area contributed by atoms with Gasteiger partial charge in [-0.3, -0.25) is 4.79 Å². The number of carbonyl (C=O) groups is 2. The number of rotatable bonds is 9. The molecule has 0 bridgehead atoms. The molecule has 0 aliphatic heterocycles. The zero-order valence-corrected chi connectivity index (χ0v) is 17.4. The number of carboxylic acid groups (broad SMARTS) is 1. The third-order valence-electron chi connectivity index (χ3n) is 4.77. The van der Waals surface area contributed by atoms with Crippen molar-refractivity contribution < 1.29 is 29.9 Å². The van der Waals surface area contributed by atoms with Gasteiger partial charge in [-0.1, -0.05) is 54.6 Å². The Morgan fingerprint density at radius 3 is 2.10 bits per heavy atom. The maximum Gasteiger partial charge on any atom is 0.224 e. The maximum absolute atomic E-state index is 12.6. The van der Waals surface area contributed by atoms with Gasteiger partial charge >= 0.3 is 0 Å². The number of carboxylic acids is 1. The number of amides is 1. The molecule has 1 amide bonds. The second-order valence-electron chi connectivity index (χ2n) is 7.27. The molecule has 1 unspecified atom stereocenters. The molecule has 0 radical (unpaired) electrons. The van der Waals surface area contributed by atoms with E-state index >= 15 is 0 Å². The van der Waals surface area contributed by atoms with E-state index in [1.807, 2.05) is 54.6 Å². The third kappa shape index (κ3) is 6.53. The zero-order valence-electron chi connectivity index (χ0n) is 16.5. The van der Waals surface area contributed by atoms with E-state index in [0.29, 0.717) is 0 Å². The lowest BCUT2D eigenvalue weighted by Gasteiger charge is -2.29. The summed E-state index contributed by atoms with van der Waals surface area (Å²) in [5.74, 6) is -3.84. The first-order valence-electron chi connectivity index (χ1n) is 9.38. The highest BCUT2D eigenvalue weighted by Gasteiger charge is 2.28. The molecule has 0 spiro atoms. The summed E-state index contributed by atoms with van der Waals surface area (Å²) in [6.07, 6.45) is -0.219. The van der Waals surface area contributed by atoms with Crippen LogP contribution in [0.4, 0.5) is 0 Å². The van der Waals surface area contributed by atoms with Crippen molar-refractivity contribution >= 4 is 19.2 Å². The van der Waals surface area contributed by atoms with E-state index in [2.05, 4.69) is 11.1 Å². The number of nitrogens with one attached hydrogen (secondary N) is 1. The monoisotopic (exact) mass is 417 g/mol. The highest BCUT2D eigenvalue weighted by atomic mass is 31.2. The molecular weight excluding hydrogens is 391 g/mol. The van der Waals surface area contributed by atoms with Crippen molar-refractivity contribution in [2.75, 3.05) is 6.16 Å².